The van der Waals surface area contributed by atoms with Gasteiger partial charge in [0.2, 0.25) is 5.91 Å². The van der Waals surface area contributed by atoms with Crippen LogP contribution in [0.1, 0.15) is 69.2 Å². The fourth-order valence-corrected chi connectivity index (χ4v) is 4.44. The maximum Gasteiger partial charge on any atom is 0.258 e. The van der Waals surface area contributed by atoms with E-state index in [4.69, 9.17) is 5.73 Å². The van der Waals surface area contributed by atoms with Gasteiger partial charge in [0.1, 0.15) is 0 Å². The molecule has 2 aromatic rings. The molecular weight excluding hydrogens is 374 g/mol. The lowest BCUT2D eigenvalue weighted by atomic mass is 9.86. The van der Waals surface area contributed by atoms with Crippen LogP contribution in [-0.2, 0) is 9.59 Å². The summed E-state index contributed by atoms with van der Waals surface area (Å²) in [7, 11) is 0. The number of aryl methyl sites for hydroxylation is 1. The van der Waals surface area contributed by atoms with Gasteiger partial charge >= 0.3 is 0 Å². The second kappa shape index (κ2) is 8.60. The summed E-state index contributed by atoms with van der Waals surface area (Å²) in [5.74, 6) is -0.252. The minimum absolute atomic E-state index is 0.121. The SMILES string of the molecule is CC(=O)N(N1C(=O)C(N)CC(c2ccccc2)CC1c1ccc(C)cc1)C(C)(C)C. The Kier molecular flexibility index (Phi) is 6.32. The predicted octanol–water partition coefficient (Wildman–Crippen LogP) is 4.33. The maximum atomic E-state index is 13.6. The van der Waals surface area contributed by atoms with Crippen LogP contribution in [0.4, 0.5) is 0 Å². The van der Waals surface area contributed by atoms with Crippen LogP contribution >= 0.6 is 0 Å². The highest BCUT2D eigenvalue weighted by Gasteiger charge is 2.43. The van der Waals surface area contributed by atoms with Crippen molar-refractivity contribution >= 4 is 11.8 Å². The summed E-state index contributed by atoms with van der Waals surface area (Å²) >= 11 is 0. The van der Waals surface area contributed by atoms with Gasteiger partial charge in [-0.25, -0.2) is 10.0 Å². The molecule has 1 aliphatic heterocycles. The van der Waals surface area contributed by atoms with Crippen LogP contribution in [0.15, 0.2) is 54.6 Å². The fraction of sp³-hybridized carbons (Fsp3) is 0.440. The Morgan fingerprint density at radius 2 is 1.60 bits per heavy atom. The lowest BCUT2D eigenvalue weighted by Gasteiger charge is -2.46. The summed E-state index contributed by atoms with van der Waals surface area (Å²) in [6, 6.07) is 17.5. The van der Waals surface area contributed by atoms with Crippen molar-refractivity contribution in [3.8, 4) is 0 Å². The Morgan fingerprint density at radius 1 is 1.00 bits per heavy atom. The van der Waals surface area contributed by atoms with E-state index in [0.29, 0.717) is 12.8 Å². The van der Waals surface area contributed by atoms with Gasteiger partial charge in [0.25, 0.3) is 5.91 Å². The van der Waals surface area contributed by atoms with E-state index in [1.54, 1.807) is 10.0 Å². The first kappa shape index (κ1) is 22.0. The number of amides is 2. The molecule has 0 saturated carbocycles. The van der Waals surface area contributed by atoms with Crippen molar-refractivity contribution in [2.45, 2.75) is 71.0 Å². The van der Waals surface area contributed by atoms with E-state index < -0.39 is 11.6 Å². The van der Waals surface area contributed by atoms with Gasteiger partial charge in [-0.1, -0.05) is 60.2 Å². The van der Waals surface area contributed by atoms with Crippen LogP contribution in [0.2, 0.25) is 0 Å². The first-order valence-corrected chi connectivity index (χ1v) is 10.6. The van der Waals surface area contributed by atoms with Crippen molar-refractivity contribution in [2.75, 3.05) is 0 Å². The van der Waals surface area contributed by atoms with Crippen molar-refractivity contribution < 1.29 is 9.59 Å². The van der Waals surface area contributed by atoms with Crippen LogP contribution in [0.25, 0.3) is 0 Å². The Labute approximate surface area is 179 Å². The van der Waals surface area contributed by atoms with E-state index >= 15 is 0 Å². The molecule has 160 valence electrons. The zero-order valence-corrected chi connectivity index (χ0v) is 18.6. The van der Waals surface area contributed by atoms with Crippen LogP contribution in [0.3, 0.4) is 0 Å². The largest absolute Gasteiger partial charge is 0.320 e. The monoisotopic (exact) mass is 407 g/mol. The van der Waals surface area contributed by atoms with Gasteiger partial charge < -0.3 is 5.73 Å². The summed E-state index contributed by atoms with van der Waals surface area (Å²) in [6.45, 7) is 9.38. The molecule has 5 heteroatoms. The lowest BCUT2D eigenvalue weighted by Crippen LogP contribution is -2.60. The van der Waals surface area contributed by atoms with Gasteiger partial charge in [-0.05, 0) is 57.6 Å². The molecule has 0 bridgehead atoms. The molecule has 0 spiro atoms. The average Bonchev–Trinajstić information content (AvgIpc) is 2.80. The molecule has 1 heterocycles. The van der Waals surface area contributed by atoms with Crippen molar-refractivity contribution in [2.24, 2.45) is 5.73 Å². The van der Waals surface area contributed by atoms with Crippen molar-refractivity contribution in [3.63, 3.8) is 0 Å². The first-order chi connectivity index (χ1) is 14.1. The Morgan fingerprint density at radius 3 is 2.13 bits per heavy atom. The van der Waals surface area contributed by atoms with E-state index in [9.17, 15) is 9.59 Å². The van der Waals surface area contributed by atoms with Crippen molar-refractivity contribution in [1.82, 2.24) is 10.0 Å². The van der Waals surface area contributed by atoms with Gasteiger partial charge in [-0.2, -0.15) is 0 Å². The second-order valence-corrected chi connectivity index (χ2v) is 9.30. The number of nitrogens with zero attached hydrogens (tertiary/aromatic N) is 2. The van der Waals surface area contributed by atoms with Crippen LogP contribution in [0, 0.1) is 6.92 Å². The fourth-order valence-electron chi connectivity index (χ4n) is 4.44. The second-order valence-electron chi connectivity index (χ2n) is 9.30. The first-order valence-electron chi connectivity index (χ1n) is 10.6. The molecule has 3 rings (SSSR count). The number of carbonyl (C=O) groups is 2. The Hall–Kier alpha value is -2.66. The molecule has 2 amide bonds. The molecule has 0 radical (unpaired) electrons. The highest BCUT2D eigenvalue weighted by atomic mass is 16.2. The summed E-state index contributed by atoms with van der Waals surface area (Å²) in [6.07, 6.45) is 1.25. The highest BCUT2D eigenvalue weighted by molar-refractivity contribution is 5.86. The summed E-state index contributed by atoms with van der Waals surface area (Å²) in [5, 5.41) is 3.23. The molecule has 2 N–H and O–H groups in total. The normalized spacial score (nSPS) is 22.5. The van der Waals surface area contributed by atoms with Crippen LogP contribution in [-0.4, -0.2) is 33.4 Å². The third kappa shape index (κ3) is 4.57. The molecule has 1 fully saturated rings. The molecular formula is C25H33N3O2. The Balaban J connectivity index is 2.15. The molecule has 0 aliphatic carbocycles. The maximum absolute atomic E-state index is 13.6. The number of rotatable bonds is 3. The van der Waals surface area contributed by atoms with Gasteiger partial charge in [-0.15, -0.1) is 0 Å². The summed E-state index contributed by atoms with van der Waals surface area (Å²) < 4.78 is 0. The molecule has 2 aromatic carbocycles. The van der Waals surface area contributed by atoms with E-state index in [-0.39, 0.29) is 23.8 Å². The van der Waals surface area contributed by atoms with E-state index in [2.05, 4.69) is 36.4 Å². The molecule has 1 aliphatic rings. The third-order valence-electron chi connectivity index (χ3n) is 5.77. The number of benzene rings is 2. The average molecular weight is 408 g/mol. The third-order valence-corrected chi connectivity index (χ3v) is 5.77. The molecule has 3 unspecified atom stereocenters. The summed E-state index contributed by atoms with van der Waals surface area (Å²) in [4.78, 5) is 26.3. The highest BCUT2D eigenvalue weighted by Crippen LogP contribution is 2.41. The van der Waals surface area contributed by atoms with Gasteiger partial charge in [-0.3, -0.25) is 9.59 Å². The smallest absolute Gasteiger partial charge is 0.258 e. The zero-order valence-electron chi connectivity index (χ0n) is 18.6. The summed E-state index contributed by atoms with van der Waals surface area (Å²) in [5.41, 5.74) is 9.19. The quantitative estimate of drug-likeness (QED) is 0.823. The number of hydrazine groups is 1. The standard InChI is InChI=1S/C25H33N3O2/c1-17-11-13-20(14-12-17)23-16-21(19-9-7-6-8-10-19)15-22(26)24(30)27(23)28(18(2)29)25(3,4)5/h6-14,21-23H,15-16,26H2,1-5H3. The number of carbonyl (C=O) groups excluding carboxylic acids is 2. The lowest BCUT2D eigenvalue weighted by molar-refractivity contribution is -0.181. The molecule has 3 atom stereocenters. The minimum atomic E-state index is -0.671. The number of nitrogens with two attached hydrogens (primary N) is 1. The van der Waals surface area contributed by atoms with Crippen molar-refractivity contribution in [1.29, 1.82) is 0 Å². The van der Waals surface area contributed by atoms with E-state index in [1.807, 2.05) is 45.9 Å². The van der Waals surface area contributed by atoms with Crippen LogP contribution < -0.4 is 5.73 Å². The molecule has 5 nitrogen and oxygen atoms in total. The molecule has 0 aromatic heterocycles. The molecule has 30 heavy (non-hydrogen) atoms. The van der Waals surface area contributed by atoms with Gasteiger partial charge in [0.15, 0.2) is 0 Å². The minimum Gasteiger partial charge on any atom is -0.320 e. The number of hydrogen-bond donors (Lipinski definition) is 1. The van der Waals surface area contributed by atoms with Crippen molar-refractivity contribution in [3.05, 3.63) is 71.3 Å². The predicted molar refractivity (Wildman–Crippen MR) is 119 cm³/mol. The van der Waals surface area contributed by atoms with Crippen LogP contribution in [0.5, 0.6) is 0 Å². The molecule has 1 saturated heterocycles. The zero-order chi connectivity index (χ0) is 22.1. The Bertz CT molecular complexity index is 887. The van der Waals surface area contributed by atoms with Gasteiger partial charge in [0.05, 0.1) is 17.6 Å². The van der Waals surface area contributed by atoms with Gasteiger partial charge in [0, 0.05) is 6.92 Å². The van der Waals surface area contributed by atoms with E-state index in [0.717, 1.165) is 11.1 Å². The topological polar surface area (TPSA) is 66.6 Å². The van der Waals surface area contributed by atoms with E-state index in [1.165, 1.54) is 12.5 Å². The number of hydrogen-bond acceptors (Lipinski definition) is 3.